The number of nitrogens with zero attached hydrogens (tertiary/aromatic N) is 1. The molecule has 0 aliphatic rings. The molecule has 1 rings (SSSR count). The lowest BCUT2D eigenvalue weighted by molar-refractivity contribution is 0.356. The zero-order chi connectivity index (χ0) is 12.8. The van der Waals surface area contributed by atoms with E-state index in [0.29, 0.717) is 18.5 Å². The SMILES string of the molecule is COc1cc(F)c(CCN(C)CCS)cc1F. The van der Waals surface area contributed by atoms with Crippen molar-refractivity contribution < 1.29 is 13.5 Å². The highest BCUT2D eigenvalue weighted by Crippen LogP contribution is 2.21. The smallest absolute Gasteiger partial charge is 0.165 e. The first-order valence-corrected chi connectivity index (χ1v) is 6.03. The second kappa shape index (κ2) is 6.81. The van der Waals surface area contributed by atoms with E-state index in [-0.39, 0.29) is 5.75 Å². The molecule has 0 amide bonds. The molecule has 0 heterocycles. The first-order valence-electron chi connectivity index (χ1n) is 5.39. The maximum atomic E-state index is 13.6. The Morgan fingerprint density at radius 1 is 1.24 bits per heavy atom. The van der Waals surface area contributed by atoms with Crippen molar-refractivity contribution in [2.24, 2.45) is 0 Å². The number of hydrogen-bond donors (Lipinski definition) is 1. The van der Waals surface area contributed by atoms with Crippen LogP contribution in [0.4, 0.5) is 8.78 Å². The van der Waals surface area contributed by atoms with Gasteiger partial charge in [0.25, 0.3) is 0 Å². The topological polar surface area (TPSA) is 12.5 Å². The van der Waals surface area contributed by atoms with E-state index in [4.69, 9.17) is 4.74 Å². The lowest BCUT2D eigenvalue weighted by atomic mass is 10.1. The fraction of sp³-hybridized carbons (Fsp3) is 0.500. The van der Waals surface area contributed by atoms with Gasteiger partial charge in [0.15, 0.2) is 11.6 Å². The number of ether oxygens (including phenoxy) is 1. The van der Waals surface area contributed by atoms with Gasteiger partial charge in [-0.1, -0.05) is 0 Å². The molecule has 1 aromatic rings. The van der Waals surface area contributed by atoms with Gasteiger partial charge in [0.05, 0.1) is 7.11 Å². The van der Waals surface area contributed by atoms with Crippen molar-refractivity contribution in [1.29, 1.82) is 0 Å². The van der Waals surface area contributed by atoms with Crippen LogP contribution in [0.2, 0.25) is 0 Å². The lowest BCUT2D eigenvalue weighted by Gasteiger charge is -2.15. The van der Waals surface area contributed by atoms with E-state index >= 15 is 0 Å². The minimum Gasteiger partial charge on any atom is -0.494 e. The van der Waals surface area contributed by atoms with Crippen molar-refractivity contribution in [3.05, 3.63) is 29.3 Å². The van der Waals surface area contributed by atoms with Crippen molar-refractivity contribution in [2.45, 2.75) is 6.42 Å². The molecule has 0 radical (unpaired) electrons. The van der Waals surface area contributed by atoms with Crippen LogP contribution in [0.3, 0.4) is 0 Å². The molecular formula is C12H17F2NOS. The Kier molecular flexibility index (Phi) is 5.71. The van der Waals surface area contributed by atoms with E-state index in [1.807, 2.05) is 11.9 Å². The molecule has 0 aliphatic carbocycles. The fourth-order valence-electron chi connectivity index (χ4n) is 1.51. The molecule has 0 bridgehead atoms. The minimum atomic E-state index is -0.527. The number of benzene rings is 1. The van der Waals surface area contributed by atoms with Gasteiger partial charge in [-0.05, 0) is 25.1 Å². The Labute approximate surface area is 106 Å². The van der Waals surface area contributed by atoms with E-state index in [9.17, 15) is 8.78 Å². The predicted molar refractivity (Wildman–Crippen MR) is 68.0 cm³/mol. The molecule has 0 spiro atoms. The summed E-state index contributed by atoms with van der Waals surface area (Å²) in [6, 6.07) is 2.28. The molecule has 0 aromatic heterocycles. The number of halogens is 2. The molecular weight excluding hydrogens is 244 g/mol. The summed E-state index contributed by atoms with van der Waals surface area (Å²) in [6.45, 7) is 1.49. The standard InChI is InChI=1S/C12H17F2NOS/c1-15(5-6-17)4-3-9-7-11(14)12(16-2)8-10(9)13/h7-8,17H,3-6H2,1-2H3. The number of likely N-dealkylation sites (N-methyl/N-ethyl adjacent to an activating group) is 1. The van der Waals surface area contributed by atoms with Crippen LogP contribution in [-0.2, 0) is 6.42 Å². The molecule has 96 valence electrons. The summed E-state index contributed by atoms with van der Waals surface area (Å²) < 4.78 is 31.7. The first-order chi connectivity index (χ1) is 8.08. The van der Waals surface area contributed by atoms with Crippen LogP contribution in [0.1, 0.15) is 5.56 Å². The molecule has 5 heteroatoms. The van der Waals surface area contributed by atoms with Gasteiger partial charge in [-0.2, -0.15) is 12.6 Å². The van der Waals surface area contributed by atoms with Gasteiger partial charge in [0.2, 0.25) is 0 Å². The maximum Gasteiger partial charge on any atom is 0.165 e. The van der Waals surface area contributed by atoms with Crippen molar-refractivity contribution in [3.8, 4) is 5.75 Å². The quantitative estimate of drug-likeness (QED) is 0.789. The third kappa shape index (κ3) is 4.16. The Morgan fingerprint density at radius 2 is 1.94 bits per heavy atom. The molecule has 0 N–H and O–H groups in total. The van der Waals surface area contributed by atoms with E-state index in [1.165, 1.54) is 13.2 Å². The van der Waals surface area contributed by atoms with Crippen LogP contribution in [0.15, 0.2) is 12.1 Å². The van der Waals surface area contributed by atoms with E-state index in [1.54, 1.807) is 0 Å². The van der Waals surface area contributed by atoms with Crippen molar-refractivity contribution in [3.63, 3.8) is 0 Å². The summed E-state index contributed by atoms with van der Waals surface area (Å²) in [4.78, 5) is 2.02. The van der Waals surface area contributed by atoms with Crippen molar-refractivity contribution in [2.75, 3.05) is 33.0 Å². The van der Waals surface area contributed by atoms with Gasteiger partial charge in [0.1, 0.15) is 5.82 Å². The predicted octanol–water partition coefficient (Wildman–Crippen LogP) is 2.38. The van der Waals surface area contributed by atoms with E-state index < -0.39 is 11.6 Å². The van der Waals surface area contributed by atoms with Crippen molar-refractivity contribution >= 4 is 12.6 Å². The largest absolute Gasteiger partial charge is 0.494 e. The Bertz CT molecular complexity index is 374. The molecule has 0 fully saturated rings. The molecule has 0 atom stereocenters. The first kappa shape index (κ1) is 14.3. The van der Waals surface area contributed by atoms with Gasteiger partial charge in [-0.25, -0.2) is 8.78 Å². The molecule has 0 saturated heterocycles. The molecule has 0 unspecified atom stereocenters. The Balaban J connectivity index is 2.68. The summed E-state index contributed by atoms with van der Waals surface area (Å²) >= 11 is 4.11. The number of rotatable bonds is 6. The number of thiol groups is 1. The zero-order valence-corrected chi connectivity index (χ0v) is 10.9. The van der Waals surface area contributed by atoms with Gasteiger partial charge >= 0.3 is 0 Å². The summed E-state index contributed by atoms with van der Waals surface area (Å²) in [5.41, 5.74) is 0.370. The highest BCUT2D eigenvalue weighted by molar-refractivity contribution is 7.80. The number of hydrogen-bond acceptors (Lipinski definition) is 3. The lowest BCUT2D eigenvalue weighted by Crippen LogP contribution is -2.23. The van der Waals surface area contributed by atoms with Crippen LogP contribution in [0.5, 0.6) is 5.75 Å². The van der Waals surface area contributed by atoms with Gasteiger partial charge in [0, 0.05) is 24.9 Å². The highest BCUT2D eigenvalue weighted by atomic mass is 32.1. The Morgan fingerprint density at radius 3 is 2.53 bits per heavy atom. The third-order valence-electron chi connectivity index (χ3n) is 2.57. The zero-order valence-electron chi connectivity index (χ0n) is 10.0. The number of methoxy groups -OCH3 is 1. The van der Waals surface area contributed by atoms with Crippen LogP contribution >= 0.6 is 12.6 Å². The van der Waals surface area contributed by atoms with E-state index in [2.05, 4.69) is 12.6 Å². The maximum absolute atomic E-state index is 13.6. The Hall–Kier alpha value is -0.810. The molecule has 17 heavy (non-hydrogen) atoms. The van der Waals surface area contributed by atoms with E-state index in [0.717, 1.165) is 18.4 Å². The highest BCUT2D eigenvalue weighted by Gasteiger charge is 2.10. The van der Waals surface area contributed by atoms with Gasteiger partial charge in [-0.3, -0.25) is 0 Å². The van der Waals surface area contributed by atoms with Crippen LogP contribution in [0, 0.1) is 11.6 Å². The van der Waals surface area contributed by atoms with Gasteiger partial charge in [-0.15, -0.1) is 0 Å². The summed E-state index contributed by atoms with van der Waals surface area (Å²) in [7, 11) is 3.24. The molecule has 2 nitrogen and oxygen atoms in total. The second-order valence-electron chi connectivity index (χ2n) is 3.86. The molecule has 0 aliphatic heterocycles. The summed E-state index contributed by atoms with van der Waals surface area (Å²) in [5.74, 6) is -0.270. The third-order valence-corrected chi connectivity index (χ3v) is 2.77. The normalized spacial score (nSPS) is 10.9. The minimum absolute atomic E-state index is 0.0602. The summed E-state index contributed by atoms with van der Waals surface area (Å²) in [6.07, 6.45) is 0.469. The molecule has 0 saturated carbocycles. The van der Waals surface area contributed by atoms with Crippen LogP contribution in [-0.4, -0.2) is 37.9 Å². The monoisotopic (exact) mass is 261 g/mol. The fourth-order valence-corrected chi connectivity index (χ4v) is 1.85. The van der Waals surface area contributed by atoms with Crippen molar-refractivity contribution in [1.82, 2.24) is 4.90 Å². The molecule has 1 aromatic carbocycles. The van der Waals surface area contributed by atoms with Crippen LogP contribution < -0.4 is 4.74 Å². The van der Waals surface area contributed by atoms with Crippen LogP contribution in [0.25, 0.3) is 0 Å². The summed E-state index contributed by atoms with van der Waals surface area (Å²) in [5, 5.41) is 0. The average molecular weight is 261 g/mol. The average Bonchev–Trinajstić information content (AvgIpc) is 2.30. The second-order valence-corrected chi connectivity index (χ2v) is 4.30. The van der Waals surface area contributed by atoms with Gasteiger partial charge < -0.3 is 9.64 Å².